The van der Waals surface area contributed by atoms with Crippen molar-refractivity contribution in [2.75, 3.05) is 7.05 Å². The molecular weight excluding hydrogens is 140 g/mol. The molecule has 0 aromatic rings. The Morgan fingerprint density at radius 3 is 2.73 bits per heavy atom. The summed E-state index contributed by atoms with van der Waals surface area (Å²) in [5, 5.41) is 2.43. The van der Waals surface area contributed by atoms with Crippen LogP contribution in [0.15, 0.2) is 29.4 Å². The first-order valence-electron chi connectivity index (χ1n) is 3.23. The van der Waals surface area contributed by atoms with E-state index in [1.54, 1.807) is 13.3 Å². The maximum atomic E-state index is 10.6. The highest BCUT2D eigenvalue weighted by Gasteiger charge is 1.83. The van der Waals surface area contributed by atoms with Crippen LogP contribution in [0.3, 0.4) is 0 Å². The molecule has 0 aliphatic carbocycles. The first kappa shape index (κ1) is 9.62. The van der Waals surface area contributed by atoms with Gasteiger partial charge in [-0.05, 0) is 12.5 Å². The lowest BCUT2D eigenvalue weighted by Crippen LogP contribution is -2.13. The monoisotopic (exact) mass is 152 g/mol. The van der Waals surface area contributed by atoms with E-state index in [0.717, 1.165) is 5.57 Å². The predicted octanol–water partition coefficient (Wildman–Crippen LogP) is 0.893. The molecule has 0 rings (SSSR count). The lowest BCUT2D eigenvalue weighted by Gasteiger charge is -1.86. The second-order valence-electron chi connectivity index (χ2n) is 2.05. The highest BCUT2D eigenvalue weighted by atomic mass is 16.1. The van der Waals surface area contributed by atoms with Crippen LogP contribution in [0.25, 0.3) is 0 Å². The van der Waals surface area contributed by atoms with Crippen LogP contribution in [0.5, 0.6) is 0 Å². The zero-order valence-electron chi connectivity index (χ0n) is 6.79. The van der Waals surface area contributed by atoms with Gasteiger partial charge in [0.2, 0.25) is 5.91 Å². The Labute approximate surface area is 66.5 Å². The molecule has 0 atom stereocenters. The first-order chi connectivity index (χ1) is 5.16. The number of rotatable bonds is 3. The smallest absolute Gasteiger partial charge is 0.245 e. The van der Waals surface area contributed by atoms with Crippen LogP contribution in [-0.4, -0.2) is 19.2 Å². The number of nitrogens with one attached hydrogen (secondary N) is 1. The summed E-state index contributed by atoms with van der Waals surface area (Å²) < 4.78 is 0. The largest absolute Gasteiger partial charge is 0.356 e. The number of carbonyl (C=O) groups is 1. The molecule has 0 spiro atoms. The number of likely N-dealkylation sites (N-methyl/N-ethyl adjacent to an activating group) is 1. The fourth-order valence-electron chi connectivity index (χ4n) is 0.364. The minimum Gasteiger partial charge on any atom is -0.356 e. The molecule has 0 heterocycles. The number of nitrogens with zero attached hydrogens (tertiary/aromatic N) is 1. The number of allylic oxidation sites excluding steroid dienone is 1. The number of aliphatic imine (C=N–C) groups is 1. The van der Waals surface area contributed by atoms with E-state index in [0.29, 0.717) is 0 Å². The zero-order valence-corrected chi connectivity index (χ0v) is 6.79. The van der Waals surface area contributed by atoms with Crippen LogP contribution >= 0.6 is 0 Å². The molecule has 0 aliphatic heterocycles. The summed E-state index contributed by atoms with van der Waals surface area (Å²) in [6.07, 6.45) is 4.35. The summed E-state index contributed by atoms with van der Waals surface area (Å²) in [6.45, 7) is 5.44. The summed E-state index contributed by atoms with van der Waals surface area (Å²) in [7, 11) is 1.56. The van der Waals surface area contributed by atoms with Gasteiger partial charge in [-0.3, -0.25) is 9.79 Å². The number of amides is 1. The van der Waals surface area contributed by atoms with Crippen LogP contribution in [0, 0.1) is 0 Å². The van der Waals surface area contributed by atoms with E-state index in [1.807, 2.05) is 6.92 Å². The Bertz CT molecular complexity index is 204. The van der Waals surface area contributed by atoms with Crippen LogP contribution in [-0.2, 0) is 4.79 Å². The van der Waals surface area contributed by atoms with E-state index < -0.39 is 0 Å². The minimum absolute atomic E-state index is 0.163. The molecule has 0 aliphatic rings. The van der Waals surface area contributed by atoms with Crippen molar-refractivity contribution in [2.24, 2.45) is 4.99 Å². The number of carbonyl (C=O) groups excluding carboxylic acids is 1. The average Bonchev–Trinajstić information content (AvgIpc) is 1.97. The molecule has 0 bridgehead atoms. The molecule has 1 N–H and O–H groups in total. The minimum atomic E-state index is -0.163. The van der Waals surface area contributed by atoms with Crippen molar-refractivity contribution in [2.45, 2.75) is 6.92 Å². The molecule has 0 aromatic heterocycles. The number of hydrogen-bond acceptors (Lipinski definition) is 2. The molecule has 0 fully saturated rings. The third-order valence-electron chi connectivity index (χ3n) is 0.853. The Morgan fingerprint density at radius 2 is 2.27 bits per heavy atom. The van der Waals surface area contributed by atoms with Gasteiger partial charge in [0, 0.05) is 25.5 Å². The van der Waals surface area contributed by atoms with Gasteiger partial charge in [0.15, 0.2) is 0 Å². The third-order valence-corrected chi connectivity index (χ3v) is 0.853. The Morgan fingerprint density at radius 1 is 1.64 bits per heavy atom. The van der Waals surface area contributed by atoms with Gasteiger partial charge in [0.05, 0.1) is 0 Å². The van der Waals surface area contributed by atoms with Crippen LogP contribution in [0.1, 0.15) is 6.92 Å². The maximum Gasteiger partial charge on any atom is 0.245 e. The fraction of sp³-hybridized carbons (Fsp3) is 0.250. The van der Waals surface area contributed by atoms with Crippen molar-refractivity contribution in [3.05, 3.63) is 24.4 Å². The van der Waals surface area contributed by atoms with Crippen molar-refractivity contribution in [3.8, 4) is 0 Å². The molecular formula is C8H12N2O. The van der Waals surface area contributed by atoms with Crippen molar-refractivity contribution >= 4 is 12.1 Å². The van der Waals surface area contributed by atoms with Crippen molar-refractivity contribution < 1.29 is 4.79 Å². The van der Waals surface area contributed by atoms with Gasteiger partial charge in [-0.2, -0.15) is 0 Å². The SMILES string of the molecule is C=C(C)C=N/C=C/C(=O)NC. The normalized spacial score (nSPS) is 10.7. The van der Waals surface area contributed by atoms with Gasteiger partial charge in [0.25, 0.3) is 0 Å². The molecule has 3 nitrogen and oxygen atoms in total. The zero-order chi connectivity index (χ0) is 8.69. The van der Waals surface area contributed by atoms with Gasteiger partial charge in [-0.15, -0.1) is 0 Å². The summed E-state index contributed by atoms with van der Waals surface area (Å²) in [6, 6.07) is 0. The molecule has 3 heteroatoms. The lowest BCUT2D eigenvalue weighted by atomic mass is 10.4. The summed E-state index contributed by atoms with van der Waals surface area (Å²) in [4.78, 5) is 14.4. The highest BCUT2D eigenvalue weighted by Crippen LogP contribution is 1.81. The second-order valence-corrected chi connectivity index (χ2v) is 2.05. The van der Waals surface area contributed by atoms with Gasteiger partial charge < -0.3 is 5.32 Å². The van der Waals surface area contributed by atoms with Gasteiger partial charge in [-0.25, -0.2) is 0 Å². The predicted molar refractivity (Wildman–Crippen MR) is 46.5 cm³/mol. The highest BCUT2D eigenvalue weighted by molar-refractivity contribution is 5.87. The molecule has 0 aromatic carbocycles. The van der Waals surface area contributed by atoms with Crippen molar-refractivity contribution in [1.82, 2.24) is 5.32 Å². The molecule has 0 saturated heterocycles. The summed E-state index contributed by atoms with van der Waals surface area (Å²) >= 11 is 0. The molecule has 1 amide bonds. The molecule has 60 valence electrons. The molecule has 0 unspecified atom stereocenters. The topological polar surface area (TPSA) is 41.5 Å². The van der Waals surface area contributed by atoms with Gasteiger partial charge in [-0.1, -0.05) is 6.58 Å². The van der Waals surface area contributed by atoms with Gasteiger partial charge >= 0.3 is 0 Å². The van der Waals surface area contributed by atoms with Crippen LogP contribution in [0.4, 0.5) is 0 Å². The average molecular weight is 152 g/mol. The Hall–Kier alpha value is -1.38. The summed E-state index contributed by atoms with van der Waals surface area (Å²) in [5.41, 5.74) is 0.853. The number of hydrogen-bond donors (Lipinski definition) is 1. The first-order valence-corrected chi connectivity index (χ1v) is 3.23. The van der Waals surface area contributed by atoms with Crippen molar-refractivity contribution in [3.63, 3.8) is 0 Å². The van der Waals surface area contributed by atoms with E-state index in [1.165, 1.54) is 12.3 Å². The van der Waals surface area contributed by atoms with Gasteiger partial charge in [0.1, 0.15) is 0 Å². The van der Waals surface area contributed by atoms with Crippen LogP contribution < -0.4 is 5.32 Å². The van der Waals surface area contributed by atoms with E-state index in [-0.39, 0.29) is 5.91 Å². The fourth-order valence-corrected chi connectivity index (χ4v) is 0.364. The third kappa shape index (κ3) is 6.51. The Kier molecular flexibility index (Phi) is 4.73. The molecule has 0 radical (unpaired) electrons. The Balaban J connectivity index is 3.77. The van der Waals surface area contributed by atoms with Crippen LogP contribution in [0.2, 0.25) is 0 Å². The standard InChI is InChI=1S/C8H12N2O/c1-7(2)6-10-5-4-8(11)9-3/h4-6H,1H2,2-3H3,(H,9,11)/b5-4+,10-6?. The molecule has 0 saturated carbocycles. The quantitative estimate of drug-likeness (QED) is 0.473. The van der Waals surface area contributed by atoms with E-state index in [9.17, 15) is 4.79 Å². The van der Waals surface area contributed by atoms with Crippen molar-refractivity contribution in [1.29, 1.82) is 0 Å². The van der Waals surface area contributed by atoms with E-state index in [4.69, 9.17) is 0 Å². The lowest BCUT2D eigenvalue weighted by molar-refractivity contribution is -0.116. The maximum absolute atomic E-state index is 10.6. The van der Waals surface area contributed by atoms with E-state index in [2.05, 4.69) is 16.9 Å². The second kappa shape index (κ2) is 5.41. The molecule has 11 heavy (non-hydrogen) atoms. The summed E-state index contributed by atoms with van der Waals surface area (Å²) in [5.74, 6) is -0.163. The van der Waals surface area contributed by atoms with E-state index >= 15 is 0 Å².